The zero-order chi connectivity index (χ0) is 15.2. The lowest BCUT2D eigenvalue weighted by molar-refractivity contribution is 0.202. The Kier molecular flexibility index (Phi) is 5.83. The lowest BCUT2D eigenvalue weighted by atomic mass is 9.98. The van der Waals surface area contributed by atoms with E-state index in [-0.39, 0.29) is 0 Å². The smallest absolute Gasteiger partial charge is 0.134 e. The fourth-order valence-electron chi connectivity index (χ4n) is 2.64. The van der Waals surface area contributed by atoms with E-state index in [2.05, 4.69) is 44.3 Å². The molecule has 0 fully saturated rings. The summed E-state index contributed by atoms with van der Waals surface area (Å²) in [4.78, 5) is 0. The maximum atomic E-state index is 6.07. The van der Waals surface area contributed by atoms with Gasteiger partial charge in [0, 0.05) is 18.1 Å². The Balaban J connectivity index is 2.38. The first-order valence-corrected chi connectivity index (χ1v) is 7.88. The number of furan rings is 1. The van der Waals surface area contributed by atoms with Gasteiger partial charge in [0.15, 0.2) is 0 Å². The molecular formula is C18H27NO2. The molecule has 2 rings (SSSR count). The first-order chi connectivity index (χ1) is 10.2. The summed E-state index contributed by atoms with van der Waals surface area (Å²) in [5.74, 6) is 1.71. The van der Waals surface area contributed by atoms with E-state index in [4.69, 9.17) is 9.15 Å². The Morgan fingerprint density at radius 1 is 1.29 bits per heavy atom. The van der Waals surface area contributed by atoms with Gasteiger partial charge >= 0.3 is 0 Å². The van der Waals surface area contributed by atoms with Crippen LogP contribution in [0.2, 0.25) is 0 Å². The second kappa shape index (κ2) is 7.62. The average Bonchev–Trinajstić information content (AvgIpc) is 2.80. The zero-order valence-electron chi connectivity index (χ0n) is 13.7. The number of hydrogen-bond acceptors (Lipinski definition) is 3. The van der Waals surface area contributed by atoms with E-state index in [1.54, 1.807) is 7.11 Å². The minimum Gasteiger partial charge on any atom is -0.459 e. The van der Waals surface area contributed by atoms with Gasteiger partial charge in [0.1, 0.15) is 11.3 Å². The third-order valence-corrected chi connectivity index (χ3v) is 3.68. The summed E-state index contributed by atoms with van der Waals surface area (Å²) in [5, 5.41) is 4.64. The van der Waals surface area contributed by atoms with Gasteiger partial charge in [-0.2, -0.15) is 0 Å². The maximum Gasteiger partial charge on any atom is 0.134 e. The van der Waals surface area contributed by atoms with E-state index in [0.717, 1.165) is 43.9 Å². The normalized spacial score (nSPS) is 11.7. The number of hydrogen-bond donors (Lipinski definition) is 1. The molecule has 1 aromatic heterocycles. The molecule has 0 spiro atoms. The number of benzene rings is 1. The molecule has 0 radical (unpaired) electrons. The van der Waals surface area contributed by atoms with Crippen molar-refractivity contribution in [3.8, 4) is 0 Å². The van der Waals surface area contributed by atoms with E-state index in [1.165, 1.54) is 16.5 Å². The first-order valence-electron chi connectivity index (χ1n) is 7.88. The molecule has 1 aromatic carbocycles. The highest BCUT2D eigenvalue weighted by Crippen LogP contribution is 2.29. The molecule has 0 aliphatic heterocycles. The number of nitrogens with one attached hydrogen (secondary N) is 1. The monoisotopic (exact) mass is 289 g/mol. The minimum absolute atomic E-state index is 0.619. The summed E-state index contributed by atoms with van der Waals surface area (Å²) in [5.41, 5.74) is 3.67. The topological polar surface area (TPSA) is 34.4 Å². The number of rotatable bonds is 8. The lowest BCUT2D eigenvalue weighted by Gasteiger charge is -2.07. The first kappa shape index (κ1) is 16.1. The standard InChI is InChI=1S/C18H27NO2/c1-5-19-12-18-15(10-13(2)3)16-11-14(8-9-20-4)6-7-17(16)21-18/h6-7,11,13,19H,5,8-10,12H2,1-4H3. The highest BCUT2D eigenvalue weighted by atomic mass is 16.5. The summed E-state index contributed by atoms with van der Waals surface area (Å²) >= 11 is 0. The van der Waals surface area contributed by atoms with Crippen molar-refractivity contribution in [2.24, 2.45) is 5.92 Å². The van der Waals surface area contributed by atoms with Gasteiger partial charge in [-0.15, -0.1) is 0 Å². The van der Waals surface area contributed by atoms with Crippen molar-refractivity contribution in [2.45, 2.75) is 40.2 Å². The third-order valence-electron chi connectivity index (χ3n) is 3.68. The van der Waals surface area contributed by atoms with Crippen molar-refractivity contribution in [3.05, 3.63) is 35.1 Å². The number of methoxy groups -OCH3 is 1. The molecule has 1 heterocycles. The Hall–Kier alpha value is -1.32. The van der Waals surface area contributed by atoms with Crippen LogP contribution in [0.15, 0.2) is 22.6 Å². The fraction of sp³-hybridized carbons (Fsp3) is 0.556. The predicted octanol–water partition coefficient (Wildman–Crippen LogP) is 3.93. The van der Waals surface area contributed by atoms with E-state index < -0.39 is 0 Å². The summed E-state index contributed by atoms with van der Waals surface area (Å²) < 4.78 is 11.2. The molecule has 0 bridgehead atoms. The van der Waals surface area contributed by atoms with Crippen LogP contribution in [0.25, 0.3) is 11.0 Å². The van der Waals surface area contributed by atoms with Gasteiger partial charge in [-0.1, -0.05) is 26.8 Å². The molecule has 3 nitrogen and oxygen atoms in total. The van der Waals surface area contributed by atoms with Crippen LogP contribution in [0.4, 0.5) is 0 Å². The molecule has 2 aromatic rings. The van der Waals surface area contributed by atoms with Crippen LogP contribution in [0.1, 0.15) is 37.7 Å². The summed E-state index contributed by atoms with van der Waals surface area (Å²) in [6.45, 7) is 9.15. The van der Waals surface area contributed by atoms with E-state index >= 15 is 0 Å². The second-order valence-electron chi connectivity index (χ2n) is 5.96. The number of ether oxygens (including phenoxy) is 1. The molecule has 3 heteroatoms. The van der Waals surface area contributed by atoms with Crippen LogP contribution < -0.4 is 5.32 Å². The van der Waals surface area contributed by atoms with Crippen molar-refractivity contribution in [3.63, 3.8) is 0 Å². The van der Waals surface area contributed by atoms with Gasteiger partial charge in [0.05, 0.1) is 13.2 Å². The molecule has 0 unspecified atom stereocenters. The van der Waals surface area contributed by atoms with E-state index in [0.29, 0.717) is 5.92 Å². The van der Waals surface area contributed by atoms with Crippen LogP contribution in [0, 0.1) is 5.92 Å². The van der Waals surface area contributed by atoms with E-state index in [9.17, 15) is 0 Å². The Morgan fingerprint density at radius 3 is 2.76 bits per heavy atom. The quantitative estimate of drug-likeness (QED) is 0.799. The highest BCUT2D eigenvalue weighted by Gasteiger charge is 2.15. The molecule has 0 saturated carbocycles. The highest BCUT2D eigenvalue weighted by molar-refractivity contribution is 5.83. The van der Waals surface area contributed by atoms with Crippen LogP contribution in [-0.4, -0.2) is 20.3 Å². The molecular weight excluding hydrogens is 262 g/mol. The zero-order valence-corrected chi connectivity index (χ0v) is 13.7. The van der Waals surface area contributed by atoms with Crippen LogP contribution in [-0.2, 0) is 24.1 Å². The van der Waals surface area contributed by atoms with Crippen LogP contribution >= 0.6 is 0 Å². The van der Waals surface area contributed by atoms with Gasteiger partial charge < -0.3 is 14.5 Å². The second-order valence-corrected chi connectivity index (χ2v) is 5.96. The third kappa shape index (κ3) is 4.08. The molecule has 0 saturated heterocycles. The Labute approximate surface area is 127 Å². The van der Waals surface area contributed by atoms with Gasteiger partial charge in [0.25, 0.3) is 0 Å². The summed E-state index contributed by atoms with van der Waals surface area (Å²) in [6, 6.07) is 6.51. The average molecular weight is 289 g/mol. The molecule has 1 N–H and O–H groups in total. The predicted molar refractivity (Wildman–Crippen MR) is 87.7 cm³/mol. The van der Waals surface area contributed by atoms with Gasteiger partial charge in [-0.3, -0.25) is 0 Å². The maximum absolute atomic E-state index is 6.07. The van der Waals surface area contributed by atoms with Crippen molar-refractivity contribution in [1.29, 1.82) is 0 Å². The summed E-state index contributed by atoms with van der Waals surface area (Å²) in [6.07, 6.45) is 2.00. The van der Waals surface area contributed by atoms with Crippen molar-refractivity contribution in [1.82, 2.24) is 5.32 Å². The largest absolute Gasteiger partial charge is 0.459 e. The summed E-state index contributed by atoms with van der Waals surface area (Å²) in [7, 11) is 1.75. The molecule has 0 atom stereocenters. The Bertz CT molecular complexity index is 572. The fourth-order valence-corrected chi connectivity index (χ4v) is 2.64. The van der Waals surface area contributed by atoms with E-state index in [1.807, 2.05) is 0 Å². The number of fused-ring (bicyclic) bond motifs is 1. The van der Waals surface area contributed by atoms with Crippen LogP contribution in [0.5, 0.6) is 0 Å². The van der Waals surface area contributed by atoms with Gasteiger partial charge in [0.2, 0.25) is 0 Å². The molecule has 0 aliphatic rings. The minimum atomic E-state index is 0.619. The Morgan fingerprint density at radius 2 is 2.10 bits per heavy atom. The molecule has 21 heavy (non-hydrogen) atoms. The molecule has 0 aliphatic carbocycles. The van der Waals surface area contributed by atoms with Crippen molar-refractivity contribution in [2.75, 3.05) is 20.3 Å². The molecule has 116 valence electrons. The van der Waals surface area contributed by atoms with Crippen LogP contribution in [0.3, 0.4) is 0 Å². The van der Waals surface area contributed by atoms with Gasteiger partial charge in [-0.25, -0.2) is 0 Å². The van der Waals surface area contributed by atoms with Gasteiger partial charge in [-0.05, 0) is 43.0 Å². The van der Waals surface area contributed by atoms with Crippen molar-refractivity contribution < 1.29 is 9.15 Å². The molecule has 0 amide bonds. The SMILES string of the molecule is CCNCc1oc2ccc(CCOC)cc2c1CC(C)C. The lowest BCUT2D eigenvalue weighted by Crippen LogP contribution is -2.12. The van der Waals surface area contributed by atoms with Crippen molar-refractivity contribution >= 4 is 11.0 Å².